The van der Waals surface area contributed by atoms with E-state index in [-0.39, 0.29) is 12.2 Å². The summed E-state index contributed by atoms with van der Waals surface area (Å²) in [6, 6.07) is 18.2. The molecule has 0 spiro atoms. The van der Waals surface area contributed by atoms with Gasteiger partial charge in [0.1, 0.15) is 17.5 Å². The zero-order valence-corrected chi connectivity index (χ0v) is 19.9. The van der Waals surface area contributed by atoms with Crippen LogP contribution in [0.15, 0.2) is 79.1 Å². The van der Waals surface area contributed by atoms with Crippen molar-refractivity contribution in [3.05, 3.63) is 84.9 Å². The molecule has 4 aromatic rings. The molecule has 1 unspecified atom stereocenters. The smallest absolute Gasteiger partial charge is 0.239 e. The number of pyridine rings is 1. The zero-order valence-electron chi connectivity index (χ0n) is 19.9. The van der Waals surface area contributed by atoms with E-state index in [0.717, 1.165) is 0 Å². The van der Waals surface area contributed by atoms with Crippen molar-refractivity contribution in [2.24, 2.45) is 5.92 Å². The normalized spacial score (nSPS) is 14.9. The maximum atomic E-state index is 14.1. The summed E-state index contributed by atoms with van der Waals surface area (Å²) >= 11 is 0. The van der Waals surface area contributed by atoms with E-state index in [4.69, 9.17) is 4.74 Å². The number of hydrogen-bond donors (Lipinski definition) is 2. The van der Waals surface area contributed by atoms with Crippen LogP contribution in [-0.2, 0) is 9.59 Å². The summed E-state index contributed by atoms with van der Waals surface area (Å²) in [6.45, 7) is 0.277. The Kier molecular flexibility index (Phi) is 6.71. The van der Waals surface area contributed by atoms with Gasteiger partial charge in [0.2, 0.25) is 23.6 Å². The van der Waals surface area contributed by atoms with Crippen molar-refractivity contribution in [3.63, 3.8) is 0 Å². The van der Waals surface area contributed by atoms with Gasteiger partial charge in [0.15, 0.2) is 0 Å². The molecule has 2 aromatic heterocycles. The summed E-state index contributed by atoms with van der Waals surface area (Å²) in [5.74, 6) is -0.892. The minimum Gasteiger partial charge on any atom is -0.438 e. The van der Waals surface area contributed by atoms with Crippen molar-refractivity contribution in [2.75, 3.05) is 29.1 Å². The van der Waals surface area contributed by atoms with Crippen LogP contribution in [0.25, 0.3) is 11.3 Å². The first kappa shape index (κ1) is 23.9. The number of aromatic nitrogens is 3. The van der Waals surface area contributed by atoms with Crippen molar-refractivity contribution >= 4 is 29.1 Å². The lowest BCUT2D eigenvalue weighted by Gasteiger charge is -2.17. The van der Waals surface area contributed by atoms with E-state index in [9.17, 15) is 14.0 Å². The number of anilines is 3. The third-order valence-corrected chi connectivity index (χ3v) is 5.93. The van der Waals surface area contributed by atoms with Gasteiger partial charge in [-0.3, -0.25) is 9.59 Å². The van der Waals surface area contributed by atoms with Gasteiger partial charge < -0.3 is 20.3 Å². The highest BCUT2D eigenvalue weighted by Crippen LogP contribution is 2.32. The number of carbonyl (C=O) groups excluding carboxylic acids is 2. The number of nitrogens with zero attached hydrogens (tertiary/aromatic N) is 4. The maximum absolute atomic E-state index is 14.1. The third-order valence-electron chi connectivity index (χ3n) is 5.93. The number of nitrogens with one attached hydrogen (secondary N) is 2. The number of hydrogen-bond acceptors (Lipinski definition) is 7. The molecule has 1 saturated heterocycles. The first-order chi connectivity index (χ1) is 18.0. The van der Waals surface area contributed by atoms with Gasteiger partial charge in [-0.15, -0.1) is 0 Å². The van der Waals surface area contributed by atoms with E-state index in [1.165, 1.54) is 17.0 Å². The molecule has 1 aliphatic rings. The van der Waals surface area contributed by atoms with Gasteiger partial charge in [-0.25, -0.2) is 19.3 Å². The molecule has 5 rings (SSSR count). The molecule has 9 nitrogen and oxygen atoms in total. The molecule has 0 radical (unpaired) electrons. The third kappa shape index (κ3) is 5.08. The Morgan fingerprint density at radius 1 is 1.03 bits per heavy atom. The molecule has 0 saturated carbocycles. The summed E-state index contributed by atoms with van der Waals surface area (Å²) in [5.41, 5.74) is 2.03. The molecule has 37 heavy (non-hydrogen) atoms. The largest absolute Gasteiger partial charge is 0.438 e. The van der Waals surface area contributed by atoms with Gasteiger partial charge >= 0.3 is 0 Å². The molecular weight excluding hydrogens is 475 g/mol. The molecule has 186 valence electrons. The minimum absolute atomic E-state index is 0.183. The average molecular weight is 499 g/mol. The number of rotatable bonds is 7. The Bertz CT molecular complexity index is 1450. The molecule has 0 aliphatic carbocycles. The first-order valence-corrected chi connectivity index (χ1v) is 11.6. The van der Waals surface area contributed by atoms with Crippen LogP contribution in [0.5, 0.6) is 11.6 Å². The highest BCUT2D eigenvalue weighted by molar-refractivity contribution is 6.13. The number of carbonyl (C=O) groups is 2. The van der Waals surface area contributed by atoms with Gasteiger partial charge in [0, 0.05) is 31.7 Å². The van der Waals surface area contributed by atoms with E-state index in [1.807, 2.05) is 6.07 Å². The number of ether oxygens (including phenoxy) is 1. The Morgan fingerprint density at radius 2 is 1.84 bits per heavy atom. The van der Waals surface area contributed by atoms with E-state index in [1.54, 1.807) is 68.0 Å². The van der Waals surface area contributed by atoms with E-state index in [2.05, 4.69) is 25.6 Å². The fraction of sp³-hybridized carbons (Fsp3) is 0.148. The van der Waals surface area contributed by atoms with Gasteiger partial charge in [0.25, 0.3) is 0 Å². The van der Waals surface area contributed by atoms with Crippen LogP contribution in [-0.4, -0.2) is 40.4 Å². The van der Waals surface area contributed by atoms with Crippen LogP contribution in [0.3, 0.4) is 0 Å². The molecule has 2 amide bonds. The number of amides is 2. The average Bonchev–Trinajstić information content (AvgIpc) is 3.31. The summed E-state index contributed by atoms with van der Waals surface area (Å²) in [5, 5.41) is 5.67. The van der Waals surface area contributed by atoms with Crippen molar-refractivity contribution in [2.45, 2.75) is 6.42 Å². The van der Waals surface area contributed by atoms with E-state index >= 15 is 0 Å². The van der Waals surface area contributed by atoms with Crippen LogP contribution in [0.1, 0.15) is 6.42 Å². The summed E-state index contributed by atoms with van der Waals surface area (Å²) in [7, 11) is 1.74. The fourth-order valence-electron chi connectivity index (χ4n) is 4.08. The molecule has 1 atom stereocenters. The van der Waals surface area contributed by atoms with Gasteiger partial charge in [-0.05, 0) is 61.0 Å². The lowest BCUT2D eigenvalue weighted by atomic mass is 10.1. The Balaban J connectivity index is 1.26. The summed E-state index contributed by atoms with van der Waals surface area (Å²) < 4.78 is 20.1. The molecular formula is C27H23FN6O3. The lowest BCUT2D eigenvalue weighted by molar-refractivity contribution is -0.129. The van der Waals surface area contributed by atoms with Gasteiger partial charge in [-0.2, -0.15) is 0 Å². The van der Waals surface area contributed by atoms with Crippen LogP contribution >= 0.6 is 0 Å². The Morgan fingerprint density at radius 3 is 2.62 bits per heavy atom. The maximum Gasteiger partial charge on any atom is 0.239 e. The highest BCUT2D eigenvalue weighted by atomic mass is 19.1. The van der Waals surface area contributed by atoms with Gasteiger partial charge in [0.05, 0.1) is 16.9 Å². The van der Waals surface area contributed by atoms with Crippen molar-refractivity contribution in [1.82, 2.24) is 15.0 Å². The predicted octanol–water partition coefficient (Wildman–Crippen LogP) is 4.50. The Labute approximate surface area is 212 Å². The van der Waals surface area contributed by atoms with E-state index in [0.29, 0.717) is 40.9 Å². The molecule has 10 heteroatoms. The zero-order chi connectivity index (χ0) is 25.8. The van der Waals surface area contributed by atoms with Crippen molar-refractivity contribution in [1.29, 1.82) is 0 Å². The monoisotopic (exact) mass is 498 g/mol. The number of para-hydroxylation sites is 1. The first-order valence-electron chi connectivity index (χ1n) is 11.6. The summed E-state index contributed by atoms with van der Waals surface area (Å²) in [6.07, 6.45) is 3.57. The highest BCUT2D eigenvalue weighted by Gasteiger charge is 2.38. The predicted molar refractivity (Wildman–Crippen MR) is 137 cm³/mol. The van der Waals surface area contributed by atoms with Crippen LogP contribution < -0.4 is 20.3 Å². The standard InChI is InChI=1S/C27H23FN6O3/c1-29-27-31-15-12-22(33-27)19-5-4-14-30-25(19)37-18-10-8-17(9-11-18)32-24(35)20-13-16-34(26(20)36)23-7-3-2-6-21(23)28/h2-12,14-15,20H,13,16H2,1H3,(H,32,35)(H,29,31,33). The fourth-order valence-corrected chi connectivity index (χ4v) is 4.08. The molecule has 3 heterocycles. The second-order valence-corrected chi connectivity index (χ2v) is 8.27. The Hall–Kier alpha value is -4.86. The van der Waals surface area contributed by atoms with Crippen molar-refractivity contribution in [3.8, 4) is 22.9 Å². The summed E-state index contributed by atoms with van der Waals surface area (Å²) in [4.78, 5) is 39.8. The minimum atomic E-state index is -0.887. The quantitative estimate of drug-likeness (QED) is 0.361. The number of benzene rings is 2. The second kappa shape index (κ2) is 10.4. The molecule has 0 bridgehead atoms. The molecule has 2 N–H and O–H groups in total. The SMILES string of the molecule is CNc1nccc(-c2cccnc2Oc2ccc(NC(=O)C3CCN(c4ccccc4F)C3=O)cc2)n1. The van der Waals surface area contributed by atoms with Crippen molar-refractivity contribution < 1.29 is 18.7 Å². The van der Waals surface area contributed by atoms with E-state index < -0.39 is 23.5 Å². The molecule has 1 fully saturated rings. The topological polar surface area (TPSA) is 109 Å². The lowest BCUT2D eigenvalue weighted by Crippen LogP contribution is -2.33. The number of halogens is 1. The van der Waals surface area contributed by atoms with Crippen LogP contribution in [0, 0.1) is 11.7 Å². The molecule has 1 aliphatic heterocycles. The van der Waals surface area contributed by atoms with Crippen LogP contribution in [0.2, 0.25) is 0 Å². The van der Waals surface area contributed by atoms with Crippen LogP contribution in [0.4, 0.5) is 21.7 Å². The van der Waals surface area contributed by atoms with Gasteiger partial charge in [-0.1, -0.05) is 12.1 Å². The molecule has 2 aromatic carbocycles. The second-order valence-electron chi connectivity index (χ2n) is 8.27.